The summed E-state index contributed by atoms with van der Waals surface area (Å²) >= 11 is 0. The highest BCUT2D eigenvalue weighted by Gasteiger charge is 2.24. The minimum absolute atomic E-state index is 0.238. The Hall–Kier alpha value is -1.26. The molecule has 0 aliphatic heterocycles. The van der Waals surface area contributed by atoms with Crippen molar-refractivity contribution in [1.29, 1.82) is 0 Å². The highest BCUT2D eigenvalue weighted by Crippen LogP contribution is 2.27. The summed E-state index contributed by atoms with van der Waals surface area (Å²) in [6.07, 6.45) is 4.00. The van der Waals surface area contributed by atoms with Crippen LogP contribution in [0.1, 0.15) is 24.8 Å². The highest BCUT2D eigenvalue weighted by molar-refractivity contribution is 5.54. The Morgan fingerprint density at radius 1 is 0.882 bits per heavy atom. The fourth-order valence-corrected chi connectivity index (χ4v) is 2.90. The fourth-order valence-electron chi connectivity index (χ4n) is 2.90. The molecule has 1 aromatic carbocycles. The van der Waals surface area contributed by atoms with Gasteiger partial charge in [0.2, 0.25) is 0 Å². The minimum Gasteiger partial charge on any atom is -0.399 e. The van der Waals surface area contributed by atoms with Gasteiger partial charge in [0, 0.05) is 23.5 Å². The van der Waals surface area contributed by atoms with Gasteiger partial charge in [-0.1, -0.05) is 0 Å². The van der Waals surface area contributed by atoms with Crippen LogP contribution in [0.3, 0.4) is 0 Å². The van der Waals surface area contributed by atoms with Crippen molar-refractivity contribution in [3.8, 4) is 0 Å². The molecule has 1 aliphatic rings. The number of nitrogens with two attached hydrogens (primary N) is 4. The van der Waals surface area contributed by atoms with Crippen LogP contribution in [0.2, 0.25) is 0 Å². The summed E-state index contributed by atoms with van der Waals surface area (Å²) in [4.78, 5) is 0. The van der Waals surface area contributed by atoms with Crippen LogP contribution < -0.4 is 22.9 Å². The van der Waals surface area contributed by atoms with E-state index in [9.17, 15) is 0 Å². The Morgan fingerprint density at radius 3 is 1.94 bits per heavy atom. The average molecular weight is 234 g/mol. The van der Waals surface area contributed by atoms with Gasteiger partial charge < -0.3 is 22.9 Å². The predicted octanol–water partition coefficient (Wildman–Crippen LogP) is 0.848. The molecule has 94 valence electrons. The van der Waals surface area contributed by atoms with Gasteiger partial charge in [-0.25, -0.2) is 0 Å². The topological polar surface area (TPSA) is 104 Å². The van der Waals surface area contributed by atoms with Gasteiger partial charge in [0.1, 0.15) is 0 Å². The molecular formula is C13H22N4. The van der Waals surface area contributed by atoms with E-state index in [1.165, 1.54) is 5.56 Å². The van der Waals surface area contributed by atoms with E-state index in [2.05, 4.69) is 0 Å². The second-order valence-corrected chi connectivity index (χ2v) is 5.31. The van der Waals surface area contributed by atoms with Crippen molar-refractivity contribution in [3.05, 3.63) is 23.8 Å². The zero-order valence-electron chi connectivity index (χ0n) is 10.1. The zero-order valence-corrected chi connectivity index (χ0v) is 10.1. The average Bonchev–Trinajstić information content (AvgIpc) is 2.13. The maximum Gasteiger partial charge on any atom is 0.0337 e. The summed E-state index contributed by atoms with van der Waals surface area (Å²) in [6.45, 7) is 0. The maximum atomic E-state index is 6.00. The molecule has 8 N–H and O–H groups in total. The van der Waals surface area contributed by atoms with Crippen molar-refractivity contribution in [2.24, 2.45) is 17.4 Å². The third kappa shape index (κ3) is 3.35. The molecule has 1 aliphatic carbocycles. The lowest BCUT2D eigenvalue weighted by atomic mass is 9.80. The van der Waals surface area contributed by atoms with Crippen LogP contribution in [-0.4, -0.2) is 12.1 Å². The van der Waals surface area contributed by atoms with Crippen molar-refractivity contribution in [1.82, 2.24) is 0 Å². The predicted molar refractivity (Wildman–Crippen MR) is 72.3 cm³/mol. The largest absolute Gasteiger partial charge is 0.399 e. The quantitative estimate of drug-likeness (QED) is 0.569. The minimum atomic E-state index is 0.238. The van der Waals surface area contributed by atoms with Gasteiger partial charge in [-0.3, -0.25) is 0 Å². The standard InChI is InChI=1S/C13H22N4/c14-10-2-8(3-11(15)6-10)1-9-4-12(16)7-13(17)5-9/h2-3,6,9,12-13H,1,4-5,7,14-17H2. The molecule has 0 radical (unpaired) electrons. The molecule has 0 heterocycles. The van der Waals surface area contributed by atoms with E-state index in [1.54, 1.807) is 6.07 Å². The molecule has 0 amide bonds. The summed E-state index contributed by atoms with van der Waals surface area (Å²) in [5.74, 6) is 0.551. The van der Waals surface area contributed by atoms with E-state index in [0.29, 0.717) is 5.92 Å². The highest BCUT2D eigenvalue weighted by atomic mass is 14.7. The summed E-state index contributed by atoms with van der Waals surface area (Å²) in [5, 5.41) is 0. The van der Waals surface area contributed by atoms with E-state index in [0.717, 1.165) is 37.1 Å². The molecule has 2 atom stereocenters. The van der Waals surface area contributed by atoms with E-state index in [-0.39, 0.29) is 12.1 Å². The number of rotatable bonds is 2. The fraction of sp³-hybridized carbons (Fsp3) is 0.538. The van der Waals surface area contributed by atoms with Crippen LogP contribution in [0.4, 0.5) is 11.4 Å². The van der Waals surface area contributed by atoms with Crippen LogP contribution in [0.15, 0.2) is 18.2 Å². The number of benzene rings is 1. The van der Waals surface area contributed by atoms with Gasteiger partial charge >= 0.3 is 0 Å². The molecule has 4 heteroatoms. The summed E-state index contributed by atoms with van der Waals surface area (Å²) in [7, 11) is 0. The lowest BCUT2D eigenvalue weighted by Gasteiger charge is -2.31. The lowest BCUT2D eigenvalue weighted by molar-refractivity contribution is 0.289. The molecule has 0 saturated heterocycles. The molecule has 17 heavy (non-hydrogen) atoms. The van der Waals surface area contributed by atoms with Crippen LogP contribution in [-0.2, 0) is 6.42 Å². The normalized spacial score (nSPS) is 29.2. The SMILES string of the molecule is Nc1cc(N)cc(CC2CC(N)CC(N)C2)c1. The monoisotopic (exact) mass is 234 g/mol. The molecular weight excluding hydrogens is 212 g/mol. The molecule has 0 spiro atoms. The molecule has 1 saturated carbocycles. The summed E-state index contributed by atoms with van der Waals surface area (Å²) in [5.41, 5.74) is 26.2. The summed E-state index contributed by atoms with van der Waals surface area (Å²) < 4.78 is 0. The van der Waals surface area contributed by atoms with Crippen LogP contribution >= 0.6 is 0 Å². The molecule has 1 fully saturated rings. The van der Waals surface area contributed by atoms with E-state index in [1.807, 2.05) is 12.1 Å². The lowest BCUT2D eigenvalue weighted by Crippen LogP contribution is -2.40. The Bertz CT molecular complexity index is 361. The second kappa shape index (κ2) is 4.94. The molecule has 2 rings (SSSR count). The zero-order chi connectivity index (χ0) is 12.4. The van der Waals surface area contributed by atoms with Crippen molar-refractivity contribution in [3.63, 3.8) is 0 Å². The third-order valence-electron chi connectivity index (χ3n) is 3.44. The van der Waals surface area contributed by atoms with Crippen LogP contribution in [0.5, 0.6) is 0 Å². The number of nitrogen functional groups attached to an aromatic ring is 2. The van der Waals surface area contributed by atoms with Gasteiger partial charge in [-0.15, -0.1) is 0 Å². The second-order valence-electron chi connectivity index (χ2n) is 5.31. The number of hydrogen-bond acceptors (Lipinski definition) is 4. The van der Waals surface area contributed by atoms with Gasteiger partial charge in [0.05, 0.1) is 0 Å². The third-order valence-corrected chi connectivity index (χ3v) is 3.44. The molecule has 0 aromatic heterocycles. The van der Waals surface area contributed by atoms with Crippen molar-refractivity contribution < 1.29 is 0 Å². The van der Waals surface area contributed by atoms with Gasteiger partial charge in [0.15, 0.2) is 0 Å². The van der Waals surface area contributed by atoms with Crippen LogP contribution in [0, 0.1) is 5.92 Å². The first kappa shape index (κ1) is 12.2. The Balaban J connectivity index is 2.04. The van der Waals surface area contributed by atoms with Crippen molar-refractivity contribution in [2.45, 2.75) is 37.8 Å². The molecule has 2 unspecified atom stereocenters. The number of anilines is 2. The first-order chi connectivity index (χ1) is 8.02. The van der Waals surface area contributed by atoms with Crippen LogP contribution in [0.25, 0.3) is 0 Å². The van der Waals surface area contributed by atoms with E-state index in [4.69, 9.17) is 22.9 Å². The maximum absolute atomic E-state index is 6.00. The molecule has 1 aromatic rings. The van der Waals surface area contributed by atoms with Crippen molar-refractivity contribution in [2.75, 3.05) is 11.5 Å². The first-order valence-electron chi connectivity index (χ1n) is 6.19. The van der Waals surface area contributed by atoms with Gasteiger partial charge in [-0.2, -0.15) is 0 Å². The molecule has 4 nitrogen and oxygen atoms in total. The molecule has 0 bridgehead atoms. The Morgan fingerprint density at radius 2 is 1.41 bits per heavy atom. The summed E-state index contributed by atoms with van der Waals surface area (Å²) in [6, 6.07) is 6.23. The van der Waals surface area contributed by atoms with Crippen molar-refractivity contribution >= 4 is 11.4 Å². The Labute approximate surface area is 102 Å². The first-order valence-corrected chi connectivity index (χ1v) is 6.19. The van der Waals surface area contributed by atoms with Gasteiger partial charge in [-0.05, 0) is 55.4 Å². The van der Waals surface area contributed by atoms with E-state index >= 15 is 0 Å². The number of hydrogen-bond donors (Lipinski definition) is 4. The van der Waals surface area contributed by atoms with E-state index < -0.39 is 0 Å². The van der Waals surface area contributed by atoms with Gasteiger partial charge in [0.25, 0.3) is 0 Å². The Kier molecular flexibility index (Phi) is 3.54. The smallest absolute Gasteiger partial charge is 0.0337 e.